The third-order valence-electron chi connectivity index (χ3n) is 3.60. The number of nitrogens with one attached hydrogen (secondary N) is 1. The molecule has 0 aromatic rings. The zero-order valence-electron chi connectivity index (χ0n) is 10.5. The third-order valence-corrected chi connectivity index (χ3v) is 3.60. The van der Waals surface area contributed by atoms with Crippen LogP contribution in [0.2, 0.25) is 0 Å². The average Bonchev–Trinajstić information content (AvgIpc) is 2.72. The van der Waals surface area contributed by atoms with E-state index in [1.807, 2.05) is 5.01 Å². The predicted molar refractivity (Wildman–Crippen MR) is 62.8 cm³/mol. The van der Waals surface area contributed by atoms with E-state index in [4.69, 9.17) is 9.84 Å². The van der Waals surface area contributed by atoms with Gasteiger partial charge < -0.3 is 14.7 Å². The summed E-state index contributed by atoms with van der Waals surface area (Å²) < 4.78 is 5.19. The van der Waals surface area contributed by atoms with Gasteiger partial charge in [-0.1, -0.05) is 0 Å². The summed E-state index contributed by atoms with van der Waals surface area (Å²) >= 11 is 0. The van der Waals surface area contributed by atoms with E-state index in [0.717, 1.165) is 0 Å². The smallest absolute Gasteiger partial charge is 0.332 e. The number of amides is 2. The molecule has 2 unspecified atom stereocenters. The first-order chi connectivity index (χ1) is 8.59. The van der Waals surface area contributed by atoms with Gasteiger partial charge in [0.2, 0.25) is 0 Å². The van der Waals surface area contributed by atoms with Crippen molar-refractivity contribution in [2.75, 3.05) is 32.8 Å². The van der Waals surface area contributed by atoms with E-state index < -0.39 is 11.9 Å². The van der Waals surface area contributed by atoms with Crippen LogP contribution in [0.15, 0.2) is 0 Å². The molecule has 2 heterocycles. The Bertz CT molecular complexity index is 330. The number of urea groups is 1. The van der Waals surface area contributed by atoms with Crippen molar-refractivity contribution in [3.05, 3.63) is 0 Å². The Labute approximate surface area is 106 Å². The molecule has 2 atom stereocenters. The van der Waals surface area contributed by atoms with E-state index in [-0.39, 0.29) is 12.1 Å². The first-order valence-corrected chi connectivity index (χ1v) is 6.22. The van der Waals surface area contributed by atoms with Crippen molar-refractivity contribution in [2.24, 2.45) is 5.92 Å². The lowest BCUT2D eigenvalue weighted by Gasteiger charge is -2.31. The minimum absolute atomic E-state index is 0.215. The van der Waals surface area contributed by atoms with E-state index in [1.54, 1.807) is 11.8 Å². The highest BCUT2D eigenvalue weighted by Gasteiger charge is 2.38. The molecule has 0 aromatic heterocycles. The van der Waals surface area contributed by atoms with E-state index in [2.05, 4.69) is 5.43 Å². The molecular weight excluding hydrogens is 238 g/mol. The first-order valence-electron chi connectivity index (χ1n) is 6.22. The van der Waals surface area contributed by atoms with Gasteiger partial charge in [-0.05, 0) is 13.3 Å². The number of hydrogen-bond acceptors (Lipinski definition) is 4. The number of ether oxygens (including phenoxy) is 1. The van der Waals surface area contributed by atoms with Gasteiger partial charge in [-0.15, -0.1) is 0 Å². The lowest BCUT2D eigenvalue weighted by Crippen LogP contribution is -2.54. The summed E-state index contributed by atoms with van der Waals surface area (Å²) in [5.74, 6) is -1.29. The van der Waals surface area contributed by atoms with E-state index in [9.17, 15) is 9.59 Å². The normalized spacial score (nSPS) is 29.3. The molecule has 2 rings (SSSR count). The van der Waals surface area contributed by atoms with Crippen molar-refractivity contribution in [1.29, 1.82) is 0 Å². The molecule has 0 radical (unpaired) electrons. The fourth-order valence-electron chi connectivity index (χ4n) is 2.43. The van der Waals surface area contributed by atoms with Crippen LogP contribution in [0.5, 0.6) is 0 Å². The largest absolute Gasteiger partial charge is 0.481 e. The summed E-state index contributed by atoms with van der Waals surface area (Å²) in [6.45, 7) is 4.81. The number of likely N-dealkylation sites (tertiary alicyclic amines) is 1. The van der Waals surface area contributed by atoms with Crippen molar-refractivity contribution in [3.63, 3.8) is 0 Å². The Hall–Kier alpha value is -1.34. The number of rotatable bonds is 2. The quantitative estimate of drug-likeness (QED) is 0.712. The fraction of sp³-hybridized carbons (Fsp3) is 0.818. The molecular formula is C11H19N3O4. The van der Waals surface area contributed by atoms with E-state index in [1.165, 1.54) is 0 Å². The van der Waals surface area contributed by atoms with Crippen LogP contribution in [0.1, 0.15) is 13.3 Å². The summed E-state index contributed by atoms with van der Waals surface area (Å²) in [6, 6.07) is -0.475. The van der Waals surface area contributed by atoms with Gasteiger partial charge in [0.25, 0.3) is 0 Å². The van der Waals surface area contributed by atoms with E-state index >= 15 is 0 Å². The van der Waals surface area contributed by atoms with E-state index in [0.29, 0.717) is 39.3 Å². The minimum Gasteiger partial charge on any atom is -0.481 e. The van der Waals surface area contributed by atoms with Gasteiger partial charge in [0, 0.05) is 25.7 Å². The van der Waals surface area contributed by atoms with Crippen LogP contribution in [0, 0.1) is 5.92 Å². The second kappa shape index (κ2) is 5.53. The molecule has 2 fully saturated rings. The molecule has 2 N–H and O–H groups in total. The van der Waals surface area contributed by atoms with Crippen LogP contribution in [0.4, 0.5) is 4.79 Å². The third kappa shape index (κ3) is 2.73. The zero-order valence-corrected chi connectivity index (χ0v) is 10.5. The highest BCUT2D eigenvalue weighted by atomic mass is 16.5. The number of aliphatic carboxylic acids is 1. The zero-order chi connectivity index (χ0) is 13.1. The van der Waals surface area contributed by atoms with Crippen molar-refractivity contribution in [3.8, 4) is 0 Å². The molecule has 2 aliphatic heterocycles. The Morgan fingerprint density at radius 2 is 1.94 bits per heavy atom. The number of carbonyl (C=O) groups is 2. The lowest BCUT2D eigenvalue weighted by atomic mass is 10.0. The van der Waals surface area contributed by atoms with Crippen molar-refractivity contribution < 1.29 is 19.4 Å². The van der Waals surface area contributed by atoms with Crippen LogP contribution in [-0.2, 0) is 9.53 Å². The molecule has 0 spiro atoms. The molecule has 2 saturated heterocycles. The standard InChI is InChI=1S/C11H19N3O4/c1-8-9(10(15)16)2-3-14(8)11(17)12-13-4-6-18-7-5-13/h8-9H,2-7H2,1H3,(H,12,17)(H,15,16). The molecule has 0 aromatic carbocycles. The summed E-state index contributed by atoms with van der Waals surface area (Å²) in [6.07, 6.45) is 0.521. The number of carboxylic acid groups (broad SMARTS) is 1. The topological polar surface area (TPSA) is 82.1 Å². The molecule has 7 heteroatoms. The summed E-state index contributed by atoms with van der Waals surface area (Å²) in [4.78, 5) is 24.6. The summed E-state index contributed by atoms with van der Waals surface area (Å²) in [5.41, 5.74) is 2.80. The molecule has 0 aliphatic carbocycles. The minimum atomic E-state index is -0.829. The molecule has 2 aliphatic rings. The second-order valence-electron chi connectivity index (χ2n) is 4.68. The second-order valence-corrected chi connectivity index (χ2v) is 4.68. The van der Waals surface area contributed by atoms with Gasteiger partial charge in [0.05, 0.1) is 19.1 Å². The van der Waals surface area contributed by atoms with Crippen molar-refractivity contribution in [2.45, 2.75) is 19.4 Å². The van der Waals surface area contributed by atoms with Gasteiger partial charge in [-0.3, -0.25) is 10.2 Å². The average molecular weight is 257 g/mol. The Morgan fingerprint density at radius 3 is 2.50 bits per heavy atom. The maximum atomic E-state index is 12.0. The number of carboxylic acids is 1. The monoisotopic (exact) mass is 257 g/mol. The van der Waals surface area contributed by atoms with Gasteiger partial charge in [0.15, 0.2) is 0 Å². The Kier molecular flexibility index (Phi) is 4.03. The first kappa shape index (κ1) is 13.1. The molecule has 18 heavy (non-hydrogen) atoms. The molecule has 7 nitrogen and oxygen atoms in total. The fourth-order valence-corrected chi connectivity index (χ4v) is 2.43. The maximum absolute atomic E-state index is 12.0. The van der Waals surface area contributed by atoms with Crippen LogP contribution in [-0.4, -0.2) is 65.9 Å². The van der Waals surface area contributed by atoms with Crippen LogP contribution in [0.25, 0.3) is 0 Å². The number of carbonyl (C=O) groups excluding carboxylic acids is 1. The van der Waals surface area contributed by atoms with Gasteiger partial charge in [-0.25, -0.2) is 9.80 Å². The van der Waals surface area contributed by atoms with Crippen LogP contribution >= 0.6 is 0 Å². The molecule has 102 valence electrons. The molecule has 0 saturated carbocycles. The molecule has 0 bridgehead atoms. The van der Waals surface area contributed by atoms with Crippen LogP contribution in [0.3, 0.4) is 0 Å². The number of morpholine rings is 1. The summed E-state index contributed by atoms with van der Waals surface area (Å²) in [7, 11) is 0. The highest BCUT2D eigenvalue weighted by molar-refractivity contribution is 5.77. The highest BCUT2D eigenvalue weighted by Crippen LogP contribution is 2.24. The van der Waals surface area contributed by atoms with Gasteiger partial charge in [0.1, 0.15) is 0 Å². The molecule has 2 amide bonds. The lowest BCUT2D eigenvalue weighted by molar-refractivity contribution is -0.142. The van der Waals surface area contributed by atoms with Crippen LogP contribution < -0.4 is 5.43 Å². The predicted octanol–water partition coefficient (Wildman–Crippen LogP) is -0.262. The number of nitrogens with zero attached hydrogens (tertiary/aromatic N) is 2. The Balaban J connectivity index is 1.87. The number of hydrogen-bond donors (Lipinski definition) is 2. The maximum Gasteiger partial charge on any atom is 0.332 e. The van der Waals surface area contributed by atoms with Gasteiger partial charge >= 0.3 is 12.0 Å². The van der Waals surface area contributed by atoms with Crippen molar-refractivity contribution >= 4 is 12.0 Å². The van der Waals surface area contributed by atoms with Gasteiger partial charge in [-0.2, -0.15) is 0 Å². The Morgan fingerprint density at radius 1 is 1.28 bits per heavy atom. The summed E-state index contributed by atoms with van der Waals surface area (Å²) in [5, 5.41) is 10.8. The number of hydrazine groups is 1. The van der Waals surface area contributed by atoms with Crippen molar-refractivity contribution in [1.82, 2.24) is 15.3 Å². The SMILES string of the molecule is CC1C(C(=O)O)CCN1C(=O)NN1CCOCC1.